The standard InChI is InChI=1S/C20H33N5O4S/c1-3-5-7-8-9-21-17-14-18(24-20(23-17)30-10-6-4-2)25(12-22-14)19-16(28)15(27)13(11-26)29-19/h12-13,15-16,19,26-28H,3-11H2,1-2H3,(H,21,23,24)/t13-,15-,16-,19-/m1/s1. The second kappa shape index (κ2) is 11.2. The number of aliphatic hydroxyl groups excluding tert-OH is 3. The summed E-state index contributed by atoms with van der Waals surface area (Å²) in [5.41, 5.74) is 1.14. The van der Waals surface area contributed by atoms with Crippen LogP contribution in [0.15, 0.2) is 11.5 Å². The predicted octanol–water partition coefficient (Wildman–Crippen LogP) is 2.32. The van der Waals surface area contributed by atoms with Crippen molar-refractivity contribution >= 4 is 28.7 Å². The predicted molar refractivity (Wildman–Crippen MR) is 117 cm³/mol. The number of hydrogen-bond acceptors (Lipinski definition) is 9. The molecule has 4 N–H and O–H groups in total. The number of aliphatic hydroxyl groups is 3. The van der Waals surface area contributed by atoms with E-state index in [0.717, 1.165) is 38.0 Å². The van der Waals surface area contributed by atoms with Crippen LogP contribution in [0.2, 0.25) is 0 Å². The molecule has 10 heteroatoms. The van der Waals surface area contributed by atoms with E-state index < -0.39 is 24.5 Å². The van der Waals surface area contributed by atoms with Gasteiger partial charge in [0.2, 0.25) is 0 Å². The van der Waals surface area contributed by atoms with Crippen LogP contribution in [0.4, 0.5) is 5.82 Å². The maximum Gasteiger partial charge on any atom is 0.191 e. The average molecular weight is 440 g/mol. The molecule has 0 bridgehead atoms. The van der Waals surface area contributed by atoms with Crippen LogP contribution in [-0.2, 0) is 4.74 Å². The third-order valence-electron chi connectivity index (χ3n) is 5.24. The largest absolute Gasteiger partial charge is 0.394 e. The van der Waals surface area contributed by atoms with Crippen LogP contribution in [-0.4, -0.2) is 72.1 Å². The number of anilines is 1. The number of rotatable bonds is 12. The molecule has 0 amide bonds. The zero-order valence-electron chi connectivity index (χ0n) is 17.7. The molecule has 2 aromatic rings. The second-order valence-corrected chi connectivity index (χ2v) is 8.66. The van der Waals surface area contributed by atoms with Gasteiger partial charge in [0.1, 0.15) is 18.3 Å². The van der Waals surface area contributed by atoms with Gasteiger partial charge >= 0.3 is 0 Å². The van der Waals surface area contributed by atoms with Crippen molar-refractivity contribution in [3.8, 4) is 0 Å². The Labute approximate surface area is 181 Å². The molecular formula is C20H33N5O4S. The molecule has 1 aliphatic rings. The first-order valence-electron chi connectivity index (χ1n) is 10.8. The van der Waals surface area contributed by atoms with Crippen molar-refractivity contribution in [2.24, 2.45) is 0 Å². The van der Waals surface area contributed by atoms with Gasteiger partial charge in [0.05, 0.1) is 12.9 Å². The maximum atomic E-state index is 10.4. The molecular weight excluding hydrogens is 406 g/mol. The Morgan fingerprint density at radius 3 is 2.60 bits per heavy atom. The van der Waals surface area contributed by atoms with Gasteiger partial charge in [-0.1, -0.05) is 51.3 Å². The van der Waals surface area contributed by atoms with Gasteiger partial charge in [-0.2, -0.15) is 0 Å². The third kappa shape index (κ3) is 5.23. The minimum absolute atomic E-state index is 0.376. The number of hydrogen-bond donors (Lipinski definition) is 4. The SMILES string of the molecule is CCCCCCNc1nc(SCCCC)nc2c1ncn2[C@@H]1O[C@H](CO)[C@@H](O)[C@H]1O. The Bertz CT molecular complexity index is 805. The van der Waals surface area contributed by atoms with Gasteiger partial charge in [0, 0.05) is 12.3 Å². The van der Waals surface area contributed by atoms with Crippen LogP contribution < -0.4 is 5.32 Å². The lowest BCUT2D eigenvalue weighted by Crippen LogP contribution is -2.33. The number of fused-ring (bicyclic) bond motifs is 1. The van der Waals surface area contributed by atoms with E-state index in [9.17, 15) is 15.3 Å². The quantitative estimate of drug-likeness (QED) is 0.224. The number of thioether (sulfide) groups is 1. The number of nitrogens with one attached hydrogen (secondary N) is 1. The molecule has 3 heterocycles. The summed E-state index contributed by atoms with van der Waals surface area (Å²) in [5.74, 6) is 1.58. The summed E-state index contributed by atoms with van der Waals surface area (Å²) in [4.78, 5) is 13.8. The third-order valence-corrected chi connectivity index (χ3v) is 6.18. The van der Waals surface area contributed by atoms with E-state index in [4.69, 9.17) is 4.74 Å². The highest BCUT2D eigenvalue weighted by Crippen LogP contribution is 2.33. The second-order valence-electron chi connectivity index (χ2n) is 7.60. The van der Waals surface area contributed by atoms with Gasteiger partial charge in [-0.3, -0.25) is 4.57 Å². The van der Waals surface area contributed by atoms with Gasteiger partial charge in [-0.25, -0.2) is 15.0 Å². The summed E-state index contributed by atoms with van der Waals surface area (Å²) >= 11 is 1.59. The van der Waals surface area contributed by atoms with Crippen LogP contribution in [0.5, 0.6) is 0 Å². The Kier molecular flexibility index (Phi) is 8.70. The summed E-state index contributed by atoms with van der Waals surface area (Å²) in [7, 11) is 0. The fourth-order valence-electron chi connectivity index (χ4n) is 3.45. The van der Waals surface area contributed by atoms with Crippen molar-refractivity contribution in [1.29, 1.82) is 0 Å². The molecule has 0 radical (unpaired) electrons. The number of imidazole rings is 1. The molecule has 4 atom stereocenters. The zero-order valence-corrected chi connectivity index (χ0v) is 18.5. The summed E-state index contributed by atoms with van der Waals surface area (Å²) in [6.45, 7) is 4.75. The first-order valence-corrected chi connectivity index (χ1v) is 11.8. The first-order chi connectivity index (χ1) is 14.6. The van der Waals surface area contributed by atoms with Crippen molar-refractivity contribution in [2.75, 3.05) is 24.2 Å². The number of aromatic nitrogens is 4. The van der Waals surface area contributed by atoms with Crippen LogP contribution in [0.25, 0.3) is 11.2 Å². The molecule has 0 aromatic carbocycles. The van der Waals surface area contributed by atoms with E-state index in [1.54, 1.807) is 22.7 Å². The van der Waals surface area contributed by atoms with Crippen molar-refractivity contribution in [2.45, 2.75) is 82.1 Å². The molecule has 0 saturated carbocycles. The Hall–Kier alpha value is -1.46. The summed E-state index contributed by atoms with van der Waals surface area (Å²) in [5, 5.41) is 34.0. The Morgan fingerprint density at radius 2 is 1.90 bits per heavy atom. The molecule has 0 aliphatic carbocycles. The molecule has 168 valence electrons. The van der Waals surface area contributed by atoms with Crippen LogP contribution in [0.1, 0.15) is 58.6 Å². The van der Waals surface area contributed by atoms with Gasteiger partial charge < -0.3 is 25.4 Å². The van der Waals surface area contributed by atoms with Crippen LogP contribution >= 0.6 is 11.8 Å². The minimum Gasteiger partial charge on any atom is -0.394 e. The van der Waals surface area contributed by atoms with E-state index in [0.29, 0.717) is 22.1 Å². The molecule has 9 nitrogen and oxygen atoms in total. The van der Waals surface area contributed by atoms with E-state index in [1.807, 2.05) is 0 Å². The topological polar surface area (TPSA) is 126 Å². The van der Waals surface area contributed by atoms with Crippen LogP contribution in [0, 0.1) is 0 Å². The maximum absolute atomic E-state index is 10.4. The normalized spacial score (nSPS) is 24.0. The molecule has 30 heavy (non-hydrogen) atoms. The van der Waals surface area contributed by atoms with Crippen molar-refractivity contribution in [3.63, 3.8) is 0 Å². The van der Waals surface area contributed by atoms with Gasteiger partial charge in [-0.15, -0.1) is 0 Å². The summed E-state index contributed by atoms with van der Waals surface area (Å²) < 4.78 is 7.29. The van der Waals surface area contributed by atoms with Crippen molar-refractivity contribution in [3.05, 3.63) is 6.33 Å². The van der Waals surface area contributed by atoms with Crippen LogP contribution in [0.3, 0.4) is 0 Å². The lowest BCUT2D eigenvalue weighted by Gasteiger charge is -2.17. The summed E-state index contributed by atoms with van der Waals surface area (Å²) in [6, 6.07) is 0. The first kappa shape index (κ1) is 23.2. The van der Waals surface area contributed by atoms with Crippen molar-refractivity contribution < 1.29 is 20.1 Å². The fourth-order valence-corrected chi connectivity index (χ4v) is 4.37. The zero-order chi connectivity index (χ0) is 21.5. The van der Waals surface area contributed by atoms with E-state index in [1.165, 1.54) is 12.8 Å². The number of nitrogens with zero attached hydrogens (tertiary/aromatic N) is 4. The average Bonchev–Trinajstić information content (AvgIpc) is 3.29. The van der Waals surface area contributed by atoms with E-state index in [2.05, 4.69) is 34.1 Å². The highest BCUT2D eigenvalue weighted by atomic mass is 32.2. The fraction of sp³-hybridized carbons (Fsp3) is 0.750. The molecule has 3 rings (SSSR count). The van der Waals surface area contributed by atoms with E-state index in [-0.39, 0.29) is 6.61 Å². The molecule has 1 saturated heterocycles. The Balaban J connectivity index is 1.87. The highest BCUT2D eigenvalue weighted by Gasteiger charge is 2.44. The lowest BCUT2D eigenvalue weighted by molar-refractivity contribution is -0.0511. The van der Waals surface area contributed by atoms with E-state index >= 15 is 0 Å². The van der Waals surface area contributed by atoms with Crippen molar-refractivity contribution in [1.82, 2.24) is 19.5 Å². The molecule has 0 unspecified atom stereocenters. The smallest absolute Gasteiger partial charge is 0.191 e. The van der Waals surface area contributed by atoms with Gasteiger partial charge in [-0.05, 0) is 12.8 Å². The Morgan fingerprint density at radius 1 is 1.10 bits per heavy atom. The molecule has 1 fully saturated rings. The van der Waals surface area contributed by atoms with Gasteiger partial charge in [0.15, 0.2) is 28.4 Å². The molecule has 1 aliphatic heterocycles. The lowest BCUT2D eigenvalue weighted by atomic mass is 10.1. The summed E-state index contributed by atoms with van der Waals surface area (Å²) in [6.07, 6.45) is 4.23. The van der Waals surface area contributed by atoms with Gasteiger partial charge in [0.25, 0.3) is 0 Å². The number of ether oxygens (including phenoxy) is 1. The molecule has 0 spiro atoms. The highest BCUT2D eigenvalue weighted by molar-refractivity contribution is 7.99. The number of unbranched alkanes of at least 4 members (excludes halogenated alkanes) is 4. The molecule has 2 aromatic heterocycles. The monoisotopic (exact) mass is 439 g/mol. The minimum atomic E-state index is -1.18.